The van der Waals surface area contributed by atoms with Crippen molar-refractivity contribution in [2.75, 3.05) is 0 Å². The van der Waals surface area contributed by atoms with E-state index in [0.29, 0.717) is 0 Å². The topological polar surface area (TPSA) is 0 Å². The van der Waals surface area contributed by atoms with Crippen molar-refractivity contribution in [3.63, 3.8) is 0 Å². The summed E-state index contributed by atoms with van der Waals surface area (Å²) in [6.45, 7) is 49.5. The molecule has 0 aliphatic carbocycles. The van der Waals surface area contributed by atoms with Crippen LogP contribution in [0.1, 0.15) is 0 Å². The first-order valence-electron chi connectivity index (χ1n) is 11.4. The van der Waals surface area contributed by atoms with Crippen LogP contribution < -0.4 is 0 Å². The highest BCUT2D eigenvalue weighted by molar-refractivity contribution is 8.07. The van der Waals surface area contributed by atoms with Gasteiger partial charge in [-0.3, -0.25) is 0 Å². The Hall–Kier alpha value is 2.53. The summed E-state index contributed by atoms with van der Waals surface area (Å²) in [5.74, 6) is 0. The monoisotopic (exact) mass is 592 g/mol. The highest BCUT2D eigenvalue weighted by Crippen LogP contribution is 2.47. The van der Waals surface area contributed by atoms with Gasteiger partial charge in [-0.2, -0.15) is 22.2 Å². The summed E-state index contributed by atoms with van der Waals surface area (Å²) in [5.41, 5.74) is 0. The normalized spacial score (nSPS) is 17.0. The van der Waals surface area contributed by atoms with Crippen LogP contribution in [-0.2, 0) is 0 Å². The van der Waals surface area contributed by atoms with Crippen LogP contribution >= 0.6 is 22.2 Å². The first-order valence-corrected chi connectivity index (χ1v) is 48.4. The molecule has 0 saturated carbocycles. The number of hydrogen-bond acceptors (Lipinski definition) is 0. The molecule has 0 aromatic carbocycles. The molecular weight excluding hydrogens is 540 g/mol. The van der Waals surface area contributed by atoms with Gasteiger partial charge in [-0.05, 0) is 6.55 Å². The molecule has 29 heavy (non-hydrogen) atoms. The van der Waals surface area contributed by atoms with E-state index in [1.54, 1.807) is 0 Å². The maximum atomic E-state index is 7.07. The van der Waals surface area contributed by atoms with Gasteiger partial charge in [0.25, 0.3) is 0 Å². The average Bonchev–Trinajstić information content (AvgIpc) is 2.43. The highest BCUT2D eigenvalue weighted by Gasteiger charge is 2.71. The van der Waals surface area contributed by atoms with E-state index in [0.717, 1.165) is 0 Å². The van der Waals surface area contributed by atoms with Crippen molar-refractivity contribution in [1.82, 2.24) is 0 Å². The molecule has 0 N–H and O–H groups in total. The van der Waals surface area contributed by atoms with Crippen LogP contribution in [0.25, 0.3) is 0 Å². The molecule has 0 atom stereocenters. The van der Waals surface area contributed by atoms with Crippen LogP contribution in [0.2, 0.25) is 118 Å². The predicted molar refractivity (Wildman–Crippen MR) is 169 cm³/mol. The molecule has 0 aromatic heterocycles. The van der Waals surface area contributed by atoms with Crippen LogP contribution in [-0.4, -0.2) is 63.6 Å². The third-order valence-electron chi connectivity index (χ3n) is 12.3. The Kier molecular flexibility index (Phi) is 9.06. The molecule has 0 saturated heterocycles. The van der Waals surface area contributed by atoms with Gasteiger partial charge in [-0.1, -0.05) is 111 Å². The second-order valence-corrected chi connectivity index (χ2v) is 121. The zero-order valence-electron chi connectivity index (χ0n) is 23.3. The maximum Gasteiger partial charge on any atom is 0.232 e. The number of hydrogen-bond donors (Lipinski definition) is 0. The lowest BCUT2D eigenvalue weighted by Crippen LogP contribution is -2.93. The molecule has 0 heterocycles. The smallest absolute Gasteiger partial charge is 0.150 e. The third kappa shape index (κ3) is 4.47. The number of halogens is 2. The molecule has 0 amide bonds. The van der Waals surface area contributed by atoms with Gasteiger partial charge >= 0.3 is 0 Å². The SMILES string of the molecule is C[Si](C)(C)[Si](C)(C)[Si](C)(C)[Si](C)(C)[Si](C)(C)[Si](C)(C)[Si](C)(C)[Si](C)(C)[Si](C)(Cl)Cl. The van der Waals surface area contributed by atoms with Crippen molar-refractivity contribution in [1.29, 1.82) is 0 Å². The molecule has 0 unspecified atom stereocenters. The third-order valence-corrected chi connectivity index (χ3v) is 215. The zero-order chi connectivity index (χ0) is 24.5. The second-order valence-electron chi connectivity index (χ2n) is 14.5. The first kappa shape index (κ1) is 31.5. The summed E-state index contributed by atoms with van der Waals surface area (Å²) in [5, 5.41) is 0. The van der Waals surface area contributed by atoms with Gasteiger partial charge in [0.15, 0.2) is 0 Å². The molecule has 0 nitrogen and oxygen atoms in total. The molecule has 0 fully saturated rings. The van der Waals surface area contributed by atoms with Gasteiger partial charge < -0.3 is 0 Å². The van der Waals surface area contributed by atoms with Gasteiger partial charge in [0, 0.05) is 50.2 Å². The van der Waals surface area contributed by atoms with Crippen LogP contribution in [0.3, 0.4) is 0 Å². The summed E-state index contributed by atoms with van der Waals surface area (Å²) < 4.78 is 0. The van der Waals surface area contributed by atoms with Crippen molar-refractivity contribution in [2.24, 2.45) is 0 Å². The standard InChI is InChI=1S/C18H54Cl2Si9/c1-21(2,3)22(4,5)23(6,7)24(8,9)25(10,11)26(12,13)27(14,15)28(16,17)29(18,19)20/h1-18H3. The summed E-state index contributed by atoms with van der Waals surface area (Å²) in [7, 11) is -11.0. The minimum absolute atomic E-state index is 1.12. The summed E-state index contributed by atoms with van der Waals surface area (Å²) in [4.78, 5) is 0. The summed E-state index contributed by atoms with van der Waals surface area (Å²) >= 11 is 14.1. The molecule has 11 heteroatoms. The van der Waals surface area contributed by atoms with E-state index < -0.39 is 63.6 Å². The van der Waals surface area contributed by atoms with Gasteiger partial charge in [-0.25, -0.2) is 0 Å². The first-order chi connectivity index (χ1) is 12.0. The minimum Gasteiger partial charge on any atom is -0.150 e. The summed E-state index contributed by atoms with van der Waals surface area (Å²) in [6, 6.07) is 0. The van der Waals surface area contributed by atoms with Gasteiger partial charge in [0.2, 0.25) is 6.21 Å². The Balaban J connectivity index is 6.82. The van der Waals surface area contributed by atoms with E-state index >= 15 is 0 Å². The van der Waals surface area contributed by atoms with E-state index in [9.17, 15) is 0 Å². The highest BCUT2D eigenvalue weighted by atomic mass is 35.7. The Morgan fingerprint density at radius 2 is 0.448 bits per heavy atom. The number of rotatable bonds is 8. The fraction of sp³-hybridized carbons (Fsp3) is 1.00. The lowest BCUT2D eigenvalue weighted by atomic mass is 11.8. The van der Waals surface area contributed by atoms with Crippen molar-refractivity contribution in [2.45, 2.75) is 118 Å². The van der Waals surface area contributed by atoms with E-state index in [2.05, 4.69) is 118 Å². The molecule has 0 bridgehead atoms. The Morgan fingerprint density at radius 3 is 0.621 bits per heavy atom. The Bertz CT molecular complexity index is 558. The summed E-state index contributed by atoms with van der Waals surface area (Å²) in [6.07, 6.45) is -2.14. The van der Waals surface area contributed by atoms with Gasteiger partial charge in [-0.15, -0.1) is 0 Å². The Labute approximate surface area is 202 Å². The van der Waals surface area contributed by atoms with Crippen LogP contribution in [0.4, 0.5) is 0 Å². The molecule has 0 aliphatic heterocycles. The molecule has 0 rings (SSSR count). The van der Waals surface area contributed by atoms with E-state index in [1.807, 2.05) is 0 Å². The molecule has 0 aliphatic rings. The lowest BCUT2D eigenvalue weighted by molar-refractivity contribution is 1.72. The predicted octanol–water partition coefficient (Wildman–Crippen LogP) is 8.46. The average molecular weight is 594 g/mol. The fourth-order valence-electron chi connectivity index (χ4n) is 5.39. The molecule has 176 valence electrons. The van der Waals surface area contributed by atoms with Crippen LogP contribution in [0.15, 0.2) is 0 Å². The maximum absolute atomic E-state index is 7.07. The lowest BCUT2D eigenvalue weighted by Gasteiger charge is -2.66. The fourth-order valence-corrected chi connectivity index (χ4v) is 281. The molecule has 0 spiro atoms. The largest absolute Gasteiger partial charge is 0.232 e. The quantitative estimate of drug-likeness (QED) is 0.196. The molecule has 0 radical (unpaired) electrons. The van der Waals surface area contributed by atoms with Crippen molar-refractivity contribution >= 4 is 85.7 Å². The second kappa shape index (κ2) is 8.33. The van der Waals surface area contributed by atoms with E-state index in [-0.39, 0.29) is 0 Å². The molecular formula is C18H54Cl2Si9. The Morgan fingerprint density at radius 1 is 0.276 bits per heavy atom. The van der Waals surface area contributed by atoms with Gasteiger partial charge in [0.1, 0.15) is 0 Å². The van der Waals surface area contributed by atoms with Gasteiger partial charge in [0.05, 0.1) is 7.11 Å². The minimum atomic E-state index is -2.14. The zero-order valence-corrected chi connectivity index (χ0v) is 33.8. The van der Waals surface area contributed by atoms with Crippen molar-refractivity contribution in [3.8, 4) is 0 Å². The molecule has 0 aromatic rings. The van der Waals surface area contributed by atoms with Crippen LogP contribution in [0, 0.1) is 0 Å². The van der Waals surface area contributed by atoms with Crippen molar-refractivity contribution in [3.05, 3.63) is 0 Å². The van der Waals surface area contributed by atoms with E-state index in [1.165, 1.54) is 0 Å². The van der Waals surface area contributed by atoms with Crippen molar-refractivity contribution < 1.29 is 0 Å². The van der Waals surface area contributed by atoms with Crippen LogP contribution in [0.5, 0.6) is 0 Å². The van der Waals surface area contributed by atoms with E-state index in [4.69, 9.17) is 22.2 Å².